The van der Waals surface area contributed by atoms with Crippen LogP contribution in [0.15, 0.2) is 36.4 Å². The Morgan fingerprint density at radius 3 is 2.70 bits per heavy atom. The maximum Gasteiger partial charge on any atom is 0.284 e. The highest BCUT2D eigenvalue weighted by Gasteiger charge is 2.26. The highest BCUT2D eigenvalue weighted by Crippen LogP contribution is 2.35. The van der Waals surface area contributed by atoms with Crippen molar-refractivity contribution in [3.8, 4) is 0 Å². The number of benzene rings is 1. The van der Waals surface area contributed by atoms with Gasteiger partial charge < -0.3 is 10.2 Å². The summed E-state index contributed by atoms with van der Waals surface area (Å²) in [4.78, 5) is 20.5. The van der Waals surface area contributed by atoms with Crippen LogP contribution >= 0.6 is 11.3 Å². The van der Waals surface area contributed by atoms with Gasteiger partial charge in [0.2, 0.25) is 0 Å². The molecule has 0 spiro atoms. The molecule has 138 valence electrons. The van der Waals surface area contributed by atoms with Crippen LogP contribution < -0.4 is 10.2 Å². The summed E-state index contributed by atoms with van der Waals surface area (Å²) in [7, 11) is 0. The van der Waals surface area contributed by atoms with Gasteiger partial charge in [-0.15, -0.1) is 16.4 Å². The molecule has 4 rings (SSSR count). The van der Waals surface area contributed by atoms with Crippen molar-refractivity contribution in [1.82, 2.24) is 15.2 Å². The minimum absolute atomic E-state index is 0.173. The van der Waals surface area contributed by atoms with E-state index >= 15 is 0 Å². The number of rotatable bonds is 4. The summed E-state index contributed by atoms with van der Waals surface area (Å²) < 4.78 is 0. The summed E-state index contributed by atoms with van der Waals surface area (Å²) in [6, 6.07) is 11.8. The Morgan fingerprint density at radius 1 is 1.19 bits per heavy atom. The zero-order valence-corrected chi connectivity index (χ0v) is 16.2. The molecule has 0 unspecified atom stereocenters. The standard InChI is InChI=1S/C20H21N5OS/c1-3-14-7-9-15(10-8-14)21-19(26)20-22-18-16(27-20)5-4-12-25(18)17-11-6-13(2)23-24-17/h6-11H,3-5,12H2,1-2H3,(H,21,26). The first-order valence-corrected chi connectivity index (χ1v) is 9.93. The van der Waals surface area contributed by atoms with E-state index in [-0.39, 0.29) is 5.91 Å². The van der Waals surface area contributed by atoms with E-state index in [2.05, 4.69) is 32.3 Å². The lowest BCUT2D eigenvalue weighted by atomic mass is 10.1. The summed E-state index contributed by atoms with van der Waals surface area (Å²) >= 11 is 1.46. The zero-order chi connectivity index (χ0) is 18.8. The lowest BCUT2D eigenvalue weighted by Crippen LogP contribution is -2.25. The predicted octanol–water partition coefficient (Wildman–Crippen LogP) is 4.14. The van der Waals surface area contributed by atoms with Crippen molar-refractivity contribution < 1.29 is 4.79 Å². The quantitative estimate of drug-likeness (QED) is 0.738. The van der Waals surface area contributed by atoms with Crippen LogP contribution in [0.2, 0.25) is 0 Å². The third-order valence-corrected chi connectivity index (χ3v) is 5.70. The lowest BCUT2D eigenvalue weighted by Gasteiger charge is -2.25. The van der Waals surface area contributed by atoms with Crippen molar-refractivity contribution in [2.45, 2.75) is 33.1 Å². The molecule has 0 bridgehead atoms. The van der Waals surface area contributed by atoms with Gasteiger partial charge in [-0.1, -0.05) is 19.1 Å². The van der Waals surface area contributed by atoms with Gasteiger partial charge in [-0.3, -0.25) is 4.79 Å². The number of nitrogens with zero attached hydrogens (tertiary/aromatic N) is 4. The third-order valence-electron chi connectivity index (χ3n) is 4.59. The summed E-state index contributed by atoms with van der Waals surface area (Å²) in [6.07, 6.45) is 2.91. The first kappa shape index (κ1) is 17.6. The molecule has 1 aliphatic rings. The Morgan fingerprint density at radius 2 is 2.00 bits per heavy atom. The Kier molecular flexibility index (Phi) is 4.85. The molecule has 6 nitrogen and oxygen atoms in total. The van der Waals surface area contributed by atoms with E-state index in [4.69, 9.17) is 0 Å². The molecule has 1 aromatic carbocycles. The van der Waals surface area contributed by atoms with Crippen LogP contribution in [0.3, 0.4) is 0 Å². The van der Waals surface area contributed by atoms with Crippen LogP contribution in [0.4, 0.5) is 17.3 Å². The summed E-state index contributed by atoms with van der Waals surface area (Å²) in [5.74, 6) is 1.43. The number of carbonyl (C=O) groups is 1. The summed E-state index contributed by atoms with van der Waals surface area (Å²) in [5, 5.41) is 11.8. The molecule has 0 saturated heterocycles. The molecule has 7 heteroatoms. The number of aromatic nitrogens is 3. The average Bonchev–Trinajstić information content (AvgIpc) is 3.14. The van der Waals surface area contributed by atoms with Gasteiger partial charge in [-0.2, -0.15) is 5.10 Å². The topological polar surface area (TPSA) is 71.0 Å². The fourth-order valence-corrected chi connectivity index (χ4v) is 4.09. The Bertz CT molecular complexity index is 950. The number of hydrogen-bond acceptors (Lipinski definition) is 6. The van der Waals surface area contributed by atoms with E-state index in [9.17, 15) is 4.79 Å². The van der Waals surface area contributed by atoms with Gasteiger partial charge in [-0.05, 0) is 56.0 Å². The molecule has 0 radical (unpaired) electrons. The Hall–Kier alpha value is -2.80. The largest absolute Gasteiger partial charge is 0.320 e. The normalized spacial score (nSPS) is 13.3. The molecule has 2 aromatic heterocycles. The molecule has 0 saturated carbocycles. The van der Waals surface area contributed by atoms with Crippen LogP contribution in [-0.2, 0) is 12.8 Å². The van der Waals surface area contributed by atoms with Crippen molar-refractivity contribution in [3.05, 3.63) is 57.5 Å². The predicted molar refractivity (Wildman–Crippen MR) is 108 cm³/mol. The van der Waals surface area contributed by atoms with Gasteiger partial charge in [-0.25, -0.2) is 4.98 Å². The summed E-state index contributed by atoms with van der Waals surface area (Å²) in [6.45, 7) is 4.85. The van der Waals surface area contributed by atoms with E-state index in [0.29, 0.717) is 5.01 Å². The second kappa shape index (κ2) is 7.44. The van der Waals surface area contributed by atoms with Gasteiger partial charge >= 0.3 is 0 Å². The molecule has 0 atom stereocenters. The van der Waals surface area contributed by atoms with Crippen LogP contribution in [-0.4, -0.2) is 27.6 Å². The first-order valence-electron chi connectivity index (χ1n) is 9.12. The second-order valence-corrected chi connectivity index (χ2v) is 7.64. The molecule has 0 aliphatic carbocycles. The van der Waals surface area contributed by atoms with Crippen molar-refractivity contribution in [2.24, 2.45) is 0 Å². The fraction of sp³-hybridized carbons (Fsp3) is 0.300. The van der Waals surface area contributed by atoms with E-state index in [1.807, 2.05) is 43.3 Å². The van der Waals surface area contributed by atoms with E-state index in [1.54, 1.807) is 0 Å². The third kappa shape index (κ3) is 3.68. The van der Waals surface area contributed by atoms with Gasteiger partial charge in [0, 0.05) is 17.1 Å². The number of carbonyl (C=O) groups excluding carboxylic acids is 1. The van der Waals surface area contributed by atoms with Gasteiger partial charge in [0.05, 0.1) is 5.69 Å². The van der Waals surface area contributed by atoms with Gasteiger partial charge in [0.1, 0.15) is 5.82 Å². The molecule has 1 amide bonds. The van der Waals surface area contributed by atoms with Crippen LogP contribution in [0.5, 0.6) is 0 Å². The smallest absolute Gasteiger partial charge is 0.284 e. The maximum absolute atomic E-state index is 12.7. The maximum atomic E-state index is 12.7. The number of fused-ring (bicyclic) bond motifs is 1. The van der Waals surface area contributed by atoms with Gasteiger partial charge in [0.15, 0.2) is 10.8 Å². The molecule has 1 N–H and O–H groups in total. The average molecular weight is 379 g/mol. The Labute approximate surface area is 162 Å². The minimum Gasteiger partial charge on any atom is -0.320 e. The first-order chi connectivity index (χ1) is 13.1. The van der Waals surface area contributed by atoms with Gasteiger partial charge in [0.25, 0.3) is 5.91 Å². The highest BCUT2D eigenvalue weighted by molar-refractivity contribution is 7.14. The lowest BCUT2D eigenvalue weighted by molar-refractivity contribution is 0.102. The molecular formula is C20H21N5OS. The van der Waals surface area contributed by atoms with E-state index in [1.165, 1.54) is 16.9 Å². The molecular weight excluding hydrogens is 358 g/mol. The number of aryl methyl sites for hydroxylation is 3. The second-order valence-electron chi connectivity index (χ2n) is 6.56. The number of anilines is 3. The van der Waals surface area contributed by atoms with Crippen molar-refractivity contribution in [2.75, 3.05) is 16.8 Å². The molecule has 3 heterocycles. The Balaban J connectivity index is 1.56. The zero-order valence-electron chi connectivity index (χ0n) is 15.4. The molecule has 3 aromatic rings. The van der Waals surface area contributed by atoms with Crippen molar-refractivity contribution >= 4 is 34.6 Å². The SMILES string of the molecule is CCc1ccc(NC(=O)c2nc3c(s2)CCCN3c2ccc(C)nn2)cc1. The summed E-state index contributed by atoms with van der Waals surface area (Å²) in [5.41, 5.74) is 2.91. The number of nitrogens with one attached hydrogen (secondary N) is 1. The van der Waals surface area contributed by atoms with Crippen molar-refractivity contribution in [1.29, 1.82) is 0 Å². The fourth-order valence-electron chi connectivity index (χ4n) is 3.09. The number of thiazole rings is 1. The van der Waals surface area contributed by atoms with Crippen LogP contribution in [0.1, 0.15) is 39.3 Å². The minimum atomic E-state index is -0.173. The number of hydrogen-bond donors (Lipinski definition) is 1. The van der Waals surface area contributed by atoms with E-state index < -0.39 is 0 Å². The van der Waals surface area contributed by atoms with Crippen LogP contribution in [0.25, 0.3) is 0 Å². The molecule has 1 aliphatic heterocycles. The van der Waals surface area contributed by atoms with Crippen molar-refractivity contribution in [3.63, 3.8) is 0 Å². The van der Waals surface area contributed by atoms with Crippen LogP contribution in [0, 0.1) is 6.92 Å². The molecule has 27 heavy (non-hydrogen) atoms. The van der Waals surface area contributed by atoms with E-state index in [0.717, 1.165) is 53.7 Å². The number of amides is 1. The monoisotopic (exact) mass is 379 g/mol. The highest BCUT2D eigenvalue weighted by atomic mass is 32.1. The molecule has 0 fully saturated rings.